The number of guanidine groups is 1. The number of phenols is 1. The number of aliphatic hydroxyl groups excluding tert-OH is 1. The number of rotatable bonds is 12. The van der Waals surface area contributed by atoms with Gasteiger partial charge >= 0.3 is 5.97 Å². The largest absolute Gasteiger partial charge is 0.508 e. The first-order chi connectivity index (χ1) is 19.6. The van der Waals surface area contributed by atoms with Crippen molar-refractivity contribution in [2.24, 2.45) is 4.99 Å². The minimum Gasteiger partial charge on any atom is -0.508 e. The number of aromatic hydroxyl groups is 1. The quantitative estimate of drug-likeness (QED) is 0.0905. The molecule has 1 aliphatic rings. The SMILES string of the molecule is COCCN/C(=N\C#N)NC[C@H](NC(=O)c1c(Cl)cc2c(c1Cl)CCN(CCC(O)c1cccc(O)c1)C2)C(=O)O. The van der Waals surface area contributed by atoms with Gasteiger partial charge in [0.25, 0.3) is 5.91 Å². The number of carbonyl (C=O) groups is 2. The van der Waals surface area contributed by atoms with Gasteiger partial charge in [-0.25, -0.2) is 4.79 Å². The molecule has 0 fully saturated rings. The molecular weight excluding hydrogens is 575 g/mol. The highest BCUT2D eigenvalue weighted by molar-refractivity contribution is 6.40. The van der Waals surface area contributed by atoms with E-state index in [1.165, 1.54) is 13.2 Å². The highest BCUT2D eigenvalue weighted by atomic mass is 35.5. The van der Waals surface area contributed by atoms with Gasteiger partial charge in [-0.2, -0.15) is 5.26 Å². The Morgan fingerprint density at radius 2 is 2.05 bits per heavy atom. The number of nitrogens with zero attached hydrogens (tertiary/aromatic N) is 3. The predicted octanol–water partition coefficient (Wildman–Crippen LogP) is 2.03. The third-order valence-electron chi connectivity index (χ3n) is 6.52. The number of nitriles is 1. The lowest BCUT2D eigenvalue weighted by atomic mass is 9.96. The van der Waals surface area contributed by atoms with Gasteiger partial charge < -0.3 is 36.0 Å². The second-order valence-electron chi connectivity index (χ2n) is 9.34. The molecule has 2 atom stereocenters. The third-order valence-corrected chi connectivity index (χ3v) is 7.24. The zero-order valence-corrected chi connectivity index (χ0v) is 23.9. The lowest BCUT2D eigenvalue weighted by molar-refractivity contribution is -0.139. The van der Waals surface area contributed by atoms with Crippen LogP contribution in [-0.4, -0.2) is 84.0 Å². The number of aliphatic hydroxyl groups is 1. The van der Waals surface area contributed by atoms with Gasteiger partial charge in [-0.15, -0.1) is 4.99 Å². The predicted molar refractivity (Wildman–Crippen MR) is 153 cm³/mol. The topological polar surface area (TPSA) is 180 Å². The molecule has 12 nitrogen and oxygen atoms in total. The van der Waals surface area contributed by atoms with Crippen LogP contribution in [0.2, 0.25) is 10.0 Å². The zero-order valence-electron chi connectivity index (χ0n) is 22.4. The number of ether oxygens (including phenoxy) is 1. The van der Waals surface area contributed by atoms with Crippen molar-refractivity contribution >= 4 is 41.0 Å². The molecule has 41 heavy (non-hydrogen) atoms. The maximum Gasteiger partial charge on any atom is 0.328 e. The van der Waals surface area contributed by atoms with Crippen LogP contribution in [0.3, 0.4) is 0 Å². The zero-order chi connectivity index (χ0) is 29.9. The van der Waals surface area contributed by atoms with Gasteiger partial charge in [0.05, 0.1) is 28.3 Å². The smallest absolute Gasteiger partial charge is 0.328 e. The lowest BCUT2D eigenvalue weighted by Gasteiger charge is -2.31. The monoisotopic (exact) mass is 606 g/mol. The first kappa shape index (κ1) is 31.9. The molecule has 1 aliphatic heterocycles. The van der Waals surface area contributed by atoms with E-state index in [2.05, 4.69) is 25.8 Å². The molecule has 0 aliphatic carbocycles. The van der Waals surface area contributed by atoms with Crippen molar-refractivity contribution < 1.29 is 29.6 Å². The van der Waals surface area contributed by atoms with Gasteiger partial charge in [0.1, 0.15) is 11.8 Å². The third kappa shape index (κ3) is 8.94. The van der Waals surface area contributed by atoms with Crippen LogP contribution in [0.1, 0.15) is 39.6 Å². The number of benzene rings is 2. The summed E-state index contributed by atoms with van der Waals surface area (Å²) >= 11 is 13.1. The highest BCUT2D eigenvalue weighted by Gasteiger charge is 2.28. The molecule has 0 spiro atoms. The minimum atomic E-state index is -1.38. The Labute approximate surface area is 247 Å². The van der Waals surface area contributed by atoms with Crippen LogP contribution >= 0.6 is 23.2 Å². The Bertz CT molecular complexity index is 1320. The molecule has 2 aromatic carbocycles. The molecule has 220 valence electrons. The van der Waals surface area contributed by atoms with Gasteiger partial charge in [-0.3, -0.25) is 9.69 Å². The number of hydrogen-bond acceptors (Lipinski definition) is 8. The van der Waals surface area contributed by atoms with E-state index >= 15 is 0 Å². The summed E-state index contributed by atoms with van der Waals surface area (Å²) in [6, 6.07) is 6.79. The van der Waals surface area contributed by atoms with Crippen LogP contribution in [0.5, 0.6) is 5.75 Å². The molecule has 0 aromatic heterocycles. The van der Waals surface area contributed by atoms with Crippen molar-refractivity contribution in [2.45, 2.75) is 31.5 Å². The van der Waals surface area contributed by atoms with Crippen molar-refractivity contribution in [3.63, 3.8) is 0 Å². The summed E-state index contributed by atoms with van der Waals surface area (Å²) < 4.78 is 4.92. The van der Waals surface area contributed by atoms with Crippen LogP contribution in [0.4, 0.5) is 0 Å². The van der Waals surface area contributed by atoms with Crippen molar-refractivity contribution in [1.82, 2.24) is 20.9 Å². The molecule has 0 radical (unpaired) electrons. The number of hydrogen-bond donors (Lipinski definition) is 6. The number of aliphatic imine (C=N–C) groups is 1. The van der Waals surface area contributed by atoms with E-state index in [1.54, 1.807) is 30.5 Å². The second kappa shape index (κ2) is 15.4. The highest BCUT2D eigenvalue weighted by Crippen LogP contribution is 2.35. The molecule has 3 rings (SSSR count). The summed E-state index contributed by atoms with van der Waals surface area (Å²) in [6.07, 6.45) is 1.86. The molecule has 6 N–H and O–H groups in total. The fourth-order valence-electron chi connectivity index (χ4n) is 4.41. The Kier molecular flexibility index (Phi) is 12.0. The molecule has 1 unspecified atom stereocenters. The number of carbonyl (C=O) groups excluding carboxylic acids is 1. The molecule has 0 saturated carbocycles. The van der Waals surface area contributed by atoms with Gasteiger partial charge in [0, 0.05) is 39.8 Å². The van der Waals surface area contributed by atoms with E-state index in [4.69, 9.17) is 33.2 Å². The maximum atomic E-state index is 13.1. The number of amides is 1. The molecule has 1 heterocycles. The Hall–Kier alpha value is -3.60. The van der Waals surface area contributed by atoms with Crippen molar-refractivity contribution in [3.05, 3.63) is 62.6 Å². The van der Waals surface area contributed by atoms with E-state index in [0.717, 1.165) is 11.1 Å². The fourth-order valence-corrected chi connectivity index (χ4v) is 5.17. The summed E-state index contributed by atoms with van der Waals surface area (Å²) in [5.74, 6) is -1.93. The van der Waals surface area contributed by atoms with Gasteiger partial charge in [0.15, 0.2) is 0 Å². The summed E-state index contributed by atoms with van der Waals surface area (Å²) in [5.41, 5.74) is 2.21. The van der Waals surface area contributed by atoms with Crippen LogP contribution in [0.15, 0.2) is 35.3 Å². The first-order valence-corrected chi connectivity index (χ1v) is 13.6. The van der Waals surface area contributed by atoms with Crippen molar-refractivity contribution in [3.8, 4) is 11.9 Å². The van der Waals surface area contributed by atoms with E-state index in [1.807, 2.05) is 0 Å². The Balaban J connectivity index is 1.65. The lowest BCUT2D eigenvalue weighted by Crippen LogP contribution is -2.51. The van der Waals surface area contributed by atoms with E-state index in [9.17, 15) is 24.9 Å². The molecular formula is C27H32Cl2N6O6. The number of halogens is 2. The van der Waals surface area contributed by atoms with Crippen molar-refractivity contribution in [1.29, 1.82) is 5.26 Å². The summed E-state index contributed by atoms with van der Waals surface area (Å²) in [6.45, 7) is 2.09. The van der Waals surface area contributed by atoms with Gasteiger partial charge in [-0.1, -0.05) is 35.3 Å². The average molecular weight is 607 g/mol. The summed E-state index contributed by atoms with van der Waals surface area (Å²) in [7, 11) is 1.51. The normalized spacial score (nSPS) is 14.9. The van der Waals surface area contributed by atoms with Gasteiger partial charge in [0.2, 0.25) is 12.2 Å². The molecule has 1 amide bonds. The van der Waals surface area contributed by atoms with Crippen LogP contribution in [-0.2, 0) is 22.5 Å². The number of fused-ring (bicyclic) bond motifs is 1. The van der Waals surface area contributed by atoms with Crippen molar-refractivity contribution in [2.75, 3.05) is 39.9 Å². The number of carboxylic acids is 1. The fraction of sp³-hybridized carbons (Fsp3) is 0.407. The average Bonchev–Trinajstić information content (AvgIpc) is 2.93. The first-order valence-electron chi connectivity index (χ1n) is 12.8. The molecule has 0 bridgehead atoms. The van der Waals surface area contributed by atoms with E-state index < -0.39 is 24.0 Å². The number of carboxylic acid groups (broad SMARTS) is 1. The van der Waals surface area contributed by atoms with E-state index in [0.29, 0.717) is 51.2 Å². The van der Waals surface area contributed by atoms with Crippen LogP contribution < -0.4 is 16.0 Å². The Morgan fingerprint density at radius 3 is 2.73 bits per heavy atom. The molecule has 0 saturated heterocycles. The standard InChI is InChI=1S/C27H32Cl2N6O6/c1-41-10-7-31-27(33-15-30)32-13-21(26(39)40)34-25(38)23-20(28)12-17-14-35(8-5-19(17)24(23)29)9-6-22(37)16-3-2-4-18(36)11-16/h2-4,11-12,21-22,36-37H,5-10,13-14H2,1H3,(H,34,38)(H,39,40)(H2,31,32,33)/t21-,22?/m0/s1. The number of methoxy groups -OCH3 is 1. The Morgan fingerprint density at radius 1 is 1.27 bits per heavy atom. The molecule has 14 heteroatoms. The summed E-state index contributed by atoms with van der Waals surface area (Å²) in [5, 5.41) is 46.9. The van der Waals surface area contributed by atoms with Crippen LogP contribution in [0.25, 0.3) is 0 Å². The summed E-state index contributed by atoms with van der Waals surface area (Å²) in [4.78, 5) is 30.7. The molecule has 2 aromatic rings. The van der Waals surface area contributed by atoms with Gasteiger partial charge in [-0.05, 0) is 47.7 Å². The minimum absolute atomic E-state index is 0.0183. The number of phenolic OH excluding ortho intramolecular Hbond substituents is 1. The second-order valence-corrected chi connectivity index (χ2v) is 10.1. The number of aliphatic carboxylic acids is 1. The number of nitrogens with one attached hydrogen (secondary N) is 3. The maximum absolute atomic E-state index is 13.1. The van der Waals surface area contributed by atoms with Crippen LogP contribution in [0, 0.1) is 11.5 Å². The van der Waals surface area contributed by atoms with E-state index in [-0.39, 0.29) is 33.9 Å².